The van der Waals surface area contributed by atoms with Crippen molar-refractivity contribution in [3.63, 3.8) is 0 Å². The Kier molecular flexibility index (Phi) is 3.06. The van der Waals surface area contributed by atoms with Gasteiger partial charge >= 0.3 is 0 Å². The highest BCUT2D eigenvalue weighted by Crippen LogP contribution is 2.33. The van der Waals surface area contributed by atoms with Crippen LogP contribution in [0.3, 0.4) is 0 Å². The van der Waals surface area contributed by atoms with Crippen LogP contribution in [0.5, 0.6) is 0 Å². The lowest BCUT2D eigenvalue weighted by molar-refractivity contribution is -0.177. The van der Waals surface area contributed by atoms with E-state index in [0.29, 0.717) is 5.92 Å². The Balaban J connectivity index is 1.95. The maximum Gasteiger partial charge on any atom is 0.121 e. The summed E-state index contributed by atoms with van der Waals surface area (Å²) in [5, 5.41) is 3.55. The van der Waals surface area contributed by atoms with Gasteiger partial charge in [0.2, 0.25) is 0 Å². The maximum atomic E-state index is 6.03. The van der Waals surface area contributed by atoms with Crippen LogP contribution in [-0.4, -0.2) is 32.1 Å². The van der Waals surface area contributed by atoms with Crippen molar-refractivity contribution < 1.29 is 9.47 Å². The van der Waals surface area contributed by atoms with Gasteiger partial charge in [0.25, 0.3) is 0 Å². The van der Waals surface area contributed by atoms with Gasteiger partial charge in [-0.15, -0.1) is 0 Å². The molecule has 2 atom stereocenters. The van der Waals surface area contributed by atoms with E-state index >= 15 is 0 Å². The van der Waals surface area contributed by atoms with Gasteiger partial charge in [-0.1, -0.05) is 13.8 Å². The molecule has 3 heteroatoms. The van der Waals surface area contributed by atoms with E-state index in [4.69, 9.17) is 9.47 Å². The zero-order valence-electron chi connectivity index (χ0n) is 10.1. The first-order chi connectivity index (χ1) is 7.02. The Labute approximate surface area is 92.5 Å². The molecule has 0 amide bonds. The molecule has 2 fully saturated rings. The molecular formula is C12H23NO2. The van der Waals surface area contributed by atoms with Crippen LogP contribution in [0, 0.1) is 11.3 Å². The van der Waals surface area contributed by atoms with Crippen molar-refractivity contribution in [3.05, 3.63) is 0 Å². The third kappa shape index (κ3) is 2.52. The van der Waals surface area contributed by atoms with Crippen molar-refractivity contribution in [3.8, 4) is 0 Å². The SMILES string of the molecule is CC1(C)CNC(C)(C2CCCOC2)OC1. The lowest BCUT2D eigenvalue weighted by Crippen LogP contribution is -2.60. The summed E-state index contributed by atoms with van der Waals surface area (Å²) < 4.78 is 11.6. The summed E-state index contributed by atoms with van der Waals surface area (Å²) in [6.07, 6.45) is 2.37. The Morgan fingerprint density at radius 2 is 2.07 bits per heavy atom. The molecule has 0 bridgehead atoms. The van der Waals surface area contributed by atoms with Crippen LogP contribution in [0.1, 0.15) is 33.6 Å². The monoisotopic (exact) mass is 213 g/mol. The van der Waals surface area contributed by atoms with Crippen LogP contribution >= 0.6 is 0 Å². The molecule has 2 unspecified atom stereocenters. The molecule has 2 aliphatic rings. The minimum Gasteiger partial charge on any atom is -0.381 e. The Hall–Kier alpha value is -0.120. The Morgan fingerprint density at radius 3 is 2.60 bits per heavy atom. The van der Waals surface area contributed by atoms with Crippen LogP contribution in [0.15, 0.2) is 0 Å². The van der Waals surface area contributed by atoms with Gasteiger partial charge in [0.15, 0.2) is 0 Å². The lowest BCUT2D eigenvalue weighted by Gasteiger charge is -2.47. The van der Waals surface area contributed by atoms with E-state index in [2.05, 4.69) is 26.1 Å². The van der Waals surface area contributed by atoms with E-state index < -0.39 is 0 Å². The second kappa shape index (κ2) is 4.04. The van der Waals surface area contributed by atoms with Crippen molar-refractivity contribution in [1.82, 2.24) is 5.32 Å². The molecule has 0 aromatic heterocycles. The number of hydrogen-bond acceptors (Lipinski definition) is 3. The van der Waals surface area contributed by atoms with Gasteiger partial charge in [-0.3, -0.25) is 5.32 Å². The summed E-state index contributed by atoms with van der Waals surface area (Å²) in [5.74, 6) is 0.502. The zero-order chi connectivity index (χ0) is 10.9. The van der Waals surface area contributed by atoms with Crippen LogP contribution in [0.25, 0.3) is 0 Å². The second-order valence-corrected chi connectivity index (χ2v) is 5.83. The highest BCUT2D eigenvalue weighted by molar-refractivity contribution is 4.90. The minimum atomic E-state index is -0.171. The molecule has 1 N–H and O–H groups in total. The van der Waals surface area contributed by atoms with E-state index in [0.717, 1.165) is 32.8 Å². The van der Waals surface area contributed by atoms with Gasteiger partial charge in [0.1, 0.15) is 5.72 Å². The predicted molar refractivity (Wildman–Crippen MR) is 59.7 cm³/mol. The average molecular weight is 213 g/mol. The smallest absolute Gasteiger partial charge is 0.121 e. The van der Waals surface area contributed by atoms with Crippen molar-refractivity contribution in [2.75, 3.05) is 26.4 Å². The molecule has 2 aliphatic heterocycles. The van der Waals surface area contributed by atoms with E-state index in [1.165, 1.54) is 6.42 Å². The lowest BCUT2D eigenvalue weighted by atomic mass is 9.86. The van der Waals surface area contributed by atoms with Gasteiger partial charge in [-0.2, -0.15) is 0 Å². The van der Waals surface area contributed by atoms with E-state index in [1.54, 1.807) is 0 Å². The average Bonchev–Trinajstić information content (AvgIpc) is 2.24. The van der Waals surface area contributed by atoms with Crippen molar-refractivity contribution >= 4 is 0 Å². The van der Waals surface area contributed by atoms with Crippen molar-refractivity contribution in [1.29, 1.82) is 0 Å². The quantitative estimate of drug-likeness (QED) is 0.720. The summed E-state index contributed by atoms with van der Waals surface area (Å²) in [5.41, 5.74) is 0.0883. The van der Waals surface area contributed by atoms with Crippen LogP contribution in [0.2, 0.25) is 0 Å². The van der Waals surface area contributed by atoms with Crippen LogP contribution in [-0.2, 0) is 9.47 Å². The molecule has 0 aromatic rings. The third-order valence-corrected chi connectivity index (χ3v) is 3.62. The fourth-order valence-electron chi connectivity index (χ4n) is 2.30. The molecule has 2 rings (SSSR count). The highest BCUT2D eigenvalue weighted by Gasteiger charge is 2.41. The molecular weight excluding hydrogens is 190 g/mol. The van der Waals surface area contributed by atoms with E-state index in [-0.39, 0.29) is 11.1 Å². The summed E-state index contributed by atoms with van der Waals surface area (Å²) in [6, 6.07) is 0. The standard InChI is InChI=1S/C12H23NO2/c1-11(2)8-13-12(3,15-9-11)10-5-4-6-14-7-10/h10,13H,4-9H2,1-3H3. The summed E-state index contributed by atoms with van der Waals surface area (Å²) in [4.78, 5) is 0. The first-order valence-electron chi connectivity index (χ1n) is 5.99. The molecule has 2 heterocycles. The number of ether oxygens (including phenoxy) is 2. The van der Waals surface area contributed by atoms with Crippen LogP contribution < -0.4 is 5.32 Å². The van der Waals surface area contributed by atoms with Gasteiger partial charge in [-0.05, 0) is 19.8 Å². The molecule has 0 spiro atoms. The Bertz CT molecular complexity index is 212. The molecule has 0 radical (unpaired) electrons. The number of rotatable bonds is 1. The fourth-order valence-corrected chi connectivity index (χ4v) is 2.30. The summed E-state index contributed by atoms with van der Waals surface area (Å²) in [7, 11) is 0. The zero-order valence-corrected chi connectivity index (χ0v) is 10.1. The molecule has 3 nitrogen and oxygen atoms in total. The molecule has 15 heavy (non-hydrogen) atoms. The summed E-state index contributed by atoms with van der Waals surface area (Å²) >= 11 is 0. The van der Waals surface area contributed by atoms with Crippen molar-refractivity contribution in [2.45, 2.75) is 39.3 Å². The molecule has 0 aliphatic carbocycles. The summed E-state index contributed by atoms with van der Waals surface area (Å²) in [6.45, 7) is 10.3. The largest absolute Gasteiger partial charge is 0.381 e. The van der Waals surface area contributed by atoms with Gasteiger partial charge < -0.3 is 9.47 Å². The van der Waals surface area contributed by atoms with Gasteiger partial charge in [0, 0.05) is 24.5 Å². The van der Waals surface area contributed by atoms with Gasteiger partial charge in [0.05, 0.1) is 13.2 Å². The number of nitrogens with one attached hydrogen (secondary N) is 1. The Morgan fingerprint density at radius 1 is 1.27 bits per heavy atom. The normalized spacial score (nSPS) is 41.4. The topological polar surface area (TPSA) is 30.5 Å². The van der Waals surface area contributed by atoms with E-state index in [9.17, 15) is 0 Å². The molecule has 88 valence electrons. The molecule has 0 aromatic carbocycles. The van der Waals surface area contributed by atoms with Crippen LogP contribution in [0.4, 0.5) is 0 Å². The third-order valence-electron chi connectivity index (χ3n) is 3.62. The second-order valence-electron chi connectivity index (χ2n) is 5.83. The van der Waals surface area contributed by atoms with Gasteiger partial charge in [-0.25, -0.2) is 0 Å². The number of hydrogen-bond donors (Lipinski definition) is 1. The molecule has 0 saturated carbocycles. The van der Waals surface area contributed by atoms with Crippen molar-refractivity contribution in [2.24, 2.45) is 11.3 Å². The first-order valence-corrected chi connectivity index (χ1v) is 5.99. The first kappa shape index (κ1) is 11.4. The fraction of sp³-hybridized carbons (Fsp3) is 1.00. The minimum absolute atomic E-state index is 0.171. The predicted octanol–water partition coefficient (Wildman–Crippen LogP) is 1.78. The highest BCUT2D eigenvalue weighted by atomic mass is 16.5. The molecule has 2 saturated heterocycles. The van der Waals surface area contributed by atoms with E-state index in [1.807, 2.05) is 0 Å². The maximum absolute atomic E-state index is 6.03.